The second-order valence-electron chi connectivity index (χ2n) is 8.16. The van der Waals surface area contributed by atoms with E-state index in [1.165, 1.54) is 5.56 Å². The van der Waals surface area contributed by atoms with E-state index >= 15 is 0 Å². The van der Waals surface area contributed by atoms with Crippen molar-refractivity contribution in [2.24, 2.45) is 5.73 Å². The lowest BCUT2D eigenvalue weighted by molar-refractivity contribution is -0.141. The van der Waals surface area contributed by atoms with Crippen molar-refractivity contribution >= 4 is 17.7 Å². The number of hydrogen-bond donors (Lipinski definition) is 2. The van der Waals surface area contributed by atoms with Crippen molar-refractivity contribution in [3.63, 3.8) is 0 Å². The van der Waals surface area contributed by atoms with Crippen LogP contribution >= 0.6 is 0 Å². The van der Waals surface area contributed by atoms with Gasteiger partial charge in [0.15, 0.2) is 0 Å². The van der Waals surface area contributed by atoms with E-state index < -0.39 is 6.10 Å². The van der Waals surface area contributed by atoms with Gasteiger partial charge in [0.1, 0.15) is 6.10 Å². The average molecular weight is 421 g/mol. The maximum Gasteiger partial charge on any atom is 0.261 e. The molecule has 2 aromatic carbocycles. The number of likely N-dealkylation sites (tertiary alicyclic amines) is 1. The van der Waals surface area contributed by atoms with Gasteiger partial charge in [-0.3, -0.25) is 19.3 Å². The minimum Gasteiger partial charge on any atom is -0.383 e. The van der Waals surface area contributed by atoms with Gasteiger partial charge in [-0.1, -0.05) is 36.4 Å². The van der Waals surface area contributed by atoms with E-state index in [1.54, 1.807) is 29.2 Å². The van der Waals surface area contributed by atoms with Crippen LogP contribution in [0.3, 0.4) is 0 Å². The number of fused-ring (bicyclic) bond motifs is 1. The van der Waals surface area contributed by atoms with Crippen molar-refractivity contribution in [1.82, 2.24) is 9.80 Å². The lowest BCUT2D eigenvalue weighted by atomic mass is 9.88. The number of benzene rings is 2. The first kappa shape index (κ1) is 21.2. The minimum absolute atomic E-state index is 0.0155. The second kappa shape index (κ2) is 8.99. The molecular weight excluding hydrogens is 394 g/mol. The van der Waals surface area contributed by atoms with Crippen molar-refractivity contribution in [3.8, 4) is 0 Å². The zero-order valence-electron chi connectivity index (χ0n) is 17.4. The van der Waals surface area contributed by atoms with Gasteiger partial charge in [-0.15, -0.1) is 0 Å². The van der Waals surface area contributed by atoms with Crippen LogP contribution in [0.15, 0.2) is 48.5 Å². The largest absolute Gasteiger partial charge is 0.383 e. The molecule has 0 bridgehead atoms. The van der Waals surface area contributed by atoms with Crippen LogP contribution < -0.4 is 5.73 Å². The monoisotopic (exact) mass is 421 g/mol. The Balaban J connectivity index is 1.29. The van der Waals surface area contributed by atoms with E-state index in [-0.39, 0.29) is 30.7 Å². The smallest absolute Gasteiger partial charge is 0.261 e. The molecule has 1 atom stereocenters. The maximum absolute atomic E-state index is 12.7. The summed E-state index contributed by atoms with van der Waals surface area (Å²) in [6.07, 6.45) is 0.444. The van der Waals surface area contributed by atoms with Crippen LogP contribution in [0.4, 0.5) is 0 Å². The van der Waals surface area contributed by atoms with E-state index in [0.29, 0.717) is 36.7 Å². The summed E-state index contributed by atoms with van der Waals surface area (Å²) in [6.45, 7) is 1.66. The van der Waals surface area contributed by atoms with Gasteiger partial charge in [-0.05, 0) is 42.0 Å². The summed E-state index contributed by atoms with van der Waals surface area (Å²) in [7, 11) is 0. The summed E-state index contributed by atoms with van der Waals surface area (Å²) in [5.74, 6) is -0.724. The Bertz CT molecular complexity index is 963. The number of carbonyl (C=O) groups excluding carboxylic acids is 3. The Kier molecular flexibility index (Phi) is 6.15. The van der Waals surface area contributed by atoms with Gasteiger partial charge >= 0.3 is 0 Å². The molecule has 0 aliphatic carbocycles. The van der Waals surface area contributed by atoms with Crippen LogP contribution in [0.25, 0.3) is 0 Å². The van der Waals surface area contributed by atoms with Gasteiger partial charge < -0.3 is 15.7 Å². The zero-order chi connectivity index (χ0) is 22.0. The summed E-state index contributed by atoms with van der Waals surface area (Å²) in [5.41, 5.74) is 8.81. The normalized spacial score (nSPS) is 17.7. The fraction of sp³-hybridized carbons (Fsp3) is 0.375. The number of imide groups is 1. The van der Waals surface area contributed by atoms with Crippen LogP contribution in [0.1, 0.15) is 57.0 Å². The van der Waals surface area contributed by atoms with Crippen LogP contribution in [0.5, 0.6) is 0 Å². The standard InChI is InChI=1S/C24H27N3O4/c25-15-16-4-3-5-18(14-16)17-8-11-26(12-9-17)24(31)21(28)10-13-27-22(29)19-6-1-2-7-20(19)23(27)30/h1-7,14,17,21,28H,8-13,15,25H2/t21-/m0/s1. The Morgan fingerprint density at radius 1 is 1.03 bits per heavy atom. The summed E-state index contributed by atoms with van der Waals surface area (Å²) < 4.78 is 0. The third kappa shape index (κ3) is 4.24. The van der Waals surface area contributed by atoms with E-state index in [1.807, 2.05) is 12.1 Å². The van der Waals surface area contributed by atoms with Crippen LogP contribution in [-0.4, -0.2) is 58.4 Å². The summed E-state index contributed by atoms with van der Waals surface area (Å²) >= 11 is 0. The third-order valence-corrected chi connectivity index (χ3v) is 6.25. The first-order valence-electron chi connectivity index (χ1n) is 10.7. The molecule has 4 rings (SSSR count). The Morgan fingerprint density at radius 2 is 1.68 bits per heavy atom. The molecular formula is C24H27N3O4. The SMILES string of the molecule is NCc1cccc(C2CCN(C(=O)[C@@H](O)CCN3C(=O)c4ccccc4C3=O)CC2)c1. The van der Waals surface area contributed by atoms with E-state index in [9.17, 15) is 19.5 Å². The zero-order valence-corrected chi connectivity index (χ0v) is 17.4. The predicted molar refractivity (Wildman–Crippen MR) is 115 cm³/mol. The van der Waals surface area contributed by atoms with Gasteiger partial charge in [0.05, 0.1) is 11.1 Å². The summed E-state index contributed by atoms with van der Waals surface area (Å²) in [4.78, 5) is 40.3. The van der Waals surface area contributed by atoms with Crippen molar-refractivity contribution in [2.45, 2.75) is 37.8 Å². The van der Waals surface area contributed by atoms with E-state index in [0.717, 1.165) is 23.3 Å². The number of rotatable bonds is 6. The summed E-state index contributed by atoms with van der Waals surface area (Å²) in [6, 6.07) is 14.9. The molecule has 162 valence electrons. The van der Waals surface area contributed by atoms with Gasteiger partial charge in [0, 0.05) is 32.6 Å². The average Bonchev–Trinajstić information content (AvgIpc) is 3.07. The molecule has 31 heavy (non-hydrogen) atoms. The fourth-order valence-corrected chi connectivity index (χ4v) is 4.44. The molecule has 0 spiro atoms. The molecule has 1 fully saturated rings. The molecule has 2 aliphatic heterocycles. The molecule has 0 unspecified atom stereocenters. The number of hydrogen-bond acceptors (Lipinski definition) is 5. The molecule has 2 aromatic rings. The number of aliphatic hydroxyl groups is 1. The van der Waals surface area contributed by atoms with Crippen molar-refractivity contribution in [2.75, 3.05) is 19.6 Å². The third-order valence-electron chi connectivity index (χ3n) is 6.25. The van der Waals surface area contributed by atoms with Gasteiger partial charge in [0.25, 0.3) is 17.7 Å². The molecule has 3 N–H and O–H groups in total. The molecule has 2 heterocycles. The van der Waals surface area contributed by atoms with Gasteiger partial charge in [-0.2, -0.15) is 0 Å². The maximum atomic E-state index is 12.7. The Morgan fingerprint density at radius 3 is 2.29 bits per heavy atom. The number of nitrogens with zero attached hydrogens (tertiary/aromatic N) is 2. The van der Waals surface area contributed by atoms with Crippen molar-refractivity contribution < 1.29 is 19.5 Å². The highest BCUT2D eigenvalue weighted by Gasteiger charge is 2.36. The van der Waals surface area contributed by atoms with Gasteiger partial charge in [0.2, 0.25) is 0 Å². The number of amides is 3. The second-order valence-corrected chi connectivity index (χ2v) is 8.16. The molecule has 0 radical (unpaired) electrons. The highest BCUT2D eigenvalue weighted by molar-refractivity contribution is 6.21. The quantitative estimate of drug-likeness (QED) is 0.694. The van der Waals surface area contributed by atoms with Crippen molar-refractivity contribution in [1.29, 1.82) is 0 Å². The first-order valence-corrected chi connectivity index (χ1v) is 10.7. The fourth-order valence-electron chi connectivity index (χ4n) is 4.44. The molecule has 0 aromatic heterocycles. The summed E-state index contributed by atoms with van der Waals surface area (Å²) in [5, 5.41) is 10.4. The lowest BCUT2D eigenvalue weighted by Gasteiger charge is -2.33. The topological polar surface area (TPSA) is 104 Å². The molecule has 1 saturated heterocycles. The number of carbonyl (C=O) groups is 3. The number of aliphatic hydroxyl groups excluding tert-OH is 1. The molecule has 7 heteroatoms. The molecule has 0 saturated carbocycles. The minimum atomic E-state index is -1.23. The molecule has 3 amide bonds. The number of nitrogens with two attached hydrogens (primary N) is 1. The van der Waals surface area contributed by atoms with Gasteiger partial charge in [-0.25, -0.2) is 0 Å². The van der Waals surface area contributed by atoms with Crippen molar-refractivity contribution in [3.05, 3.63) is 70.8 Å². The predicted octanol–water partition coefficient (Wildman–Crippen LogP) is 1.90. The van der Waals surface area contributed by atoms with Crippen LogP contribution in [-0.2, 0) is 11.3 Å². The van der Waals surface area contributed by atoms with E-state index in [4.69, 9.17) is 5.73 Å². The highest BCUT2D eigenvalue weighted by atomic mass is 16.3. The highest BCUT2D eigenvalue weighted by Crippen LogP contribution is 2.29. The number of piperidine rings is 1. The Hall–Kier alpha value is -3.03. The lowest BCUT2D eigenvalue weighted by Crippen LogP contribution is -2.44. The van der Waals surface area contributed by atoms with Crippen LogP contribution in [0.2, 0.25) is 0 Å². The first-order chi connectivity index (χ1) is 15.0. The molecule has 2 aliphatic rings. The van der Waals surface area contributed by atoms with Crippen LogP contribution in [0, 0.1) is 0 Å². The molecule has 7 nitrogen and oxygen atoms in total. The Labute approximate surface area is 181 Å². The van der Waals surface area contributed by atoms with E-state index in [2.05, 4.69) is 12.1 Å².